The summed E-state index contributed by atoms with van der Waals surface area (Å²) in [7, 11) is 0. The van der Waals surface area contributed by atoms with Crippen molar-refractivity contribution < 1.29 is 4.79 Å². The number of nitrogens with zero attached hydrogens (tertiary/aromatic N) is 5. The number of amidine groups is 1. The molecule has 0 bridgehead atoms. The Morgan fingerprint density at radius 1 is 1.16 bits per heavy atom. The van der Waals surface area contributed by atoms with Gasteiger partial charge in [0.15, 0.2) is 5.82 Å². The van der Waals surface area contributed by atoms with Crippen molar-refractivity contribution in [3.05, 3.63) is 70.1 Å². The van der Waals surface area contributed by atoms with Crippen LogP contribution in [0.5, 0.6) is 0 Å². The van der Waals surface area contributed by atoms with Crippen molar-refractivity contribution in [2.24, 2.45) is 5.73 Å². The topological polar surface area (TPSA) is 206 Å². The van der Waals surface area contributed by atoms with Gasteiger partial charge in [-0.25, -0.2) is 4.98 Å². The summed E-state index contributed by atoms with van der Waals surface area (Å²) in [5.74, 6) is 0.0636. The number of nitrogen functional groups attached to an aromatic ring is 2. The number of tetrazole rings is 1. The number of aromatic nitrogens is 6. The van der Waals surface area contributed by atoms with Gasteiger partial charge < -0.3 is 22.1 Å². The summed E-state index contributed by atoms with van der Waals surface area (Å²) < 4.78 is 1.35. The van der Waals surface area contributed by atoms with Gasteiger partial charge in [0.1, 0.15) is 12.4 Å². The van der Waals surface area contributed by atoms with E-state index in [0.29, 0.717) is 33.9 Å². The Bertz CT molecular complexity index is 1480. The second-order valence-corrected chi connectivity index (χ2v) is 8.65. The molecule has 0 saturated heterocycles. The molecule has 0 atom stereocenters. The number of carbonyl (C=O) groups excluding carboxylic acids is 1. The zero-order valence-corrected chi connectivity index (χ0v) is 20.3. The zero-order valence-electron chi connectivity index (χ0n) is 20.3. The number of amides is 1. The van der Waals surface area contributed by atoms with Crippen LogP contribution in [0.15, 0.2) is 53.5 Å². The summed E-state index contributed by atoms with van der Waals surface area (Å²) in [5, 5.41) is 27.3. The highest BCUT2D eigenvalue weighted by Crippen LogP contribution is 2.27. The van der Waals surface area contributed by atoms with Crippen LogP contribution in [0.4, 0.5) is 11.5 Å². The average molecular weight is 502 g/mol. The number of hydrogen-bond donors (Lipinski definition) is 6. The van der Waals surface area contributed by atoms with Crippen molar-refractivity contribution in [3.8, 4) is 22.6 Å². The van der Waals surface area contributed by atoms with Gasteiger partial charge in [-0.3, -0.25) is 19.6 Å². The fourth-order valence-electron chi connectivity index (χ4n) is 3.66. The van der Waals surface area contributed by atoms with Gasteiger partial charge in [0, 0.05) is 35.0 Å². The maximum Gasteiger partial charge on any atom is 0.294 e. The minimum atomic E-state index is -0.448. The molecule has 4 aromatic rings. The molecule has 13 heteroatoms. The predicted octanol–water partition coefficient (Wildman–Crippen LogP) is 1.09. The predicted molar refractivity (Wildman–Crippen MR) is 140 cm³/mol. The zero-order chi connectivity index (χ0) is 26.5. The van der Waals surface area contributed by atoms with Gasteiger partial charge in [0.2, 0.25) is 11.7 Å². The standard InChI is InChI=1S/C24H27N11O2/c1-13(2)30-23-24(37)35(12-20(36)28-10-14-3-5-15(6-4-14)21(26)27)19(11-29-23)16-7-17(9-18(25)8-16)22-31-33-34-32-22/h3-9,11,13H,10,12,25H2,1-2H3,(H3,26,27)(H,28,36)(H,29,30)(H,31,32,33,34). The van der Waals surface area contributed by atoms with E-state index in [-0.39, 0.29) is 36.7 Å². The number of benzene rings is 2. The number of hydrogen-bond acceptors (Lipinski definition) is 9. The summed E-state index contributed by atoms with van der Waals surface area (Å²) in [6.07, 6.45) is 1.52. The van der Waals surface area contributed by atoms with Crippen molar-refractivity contribution in [3.63, 3.8) is 0 Å². The summed E-state index contributed by atoms with van der Waals surface area (Å²) in [5.41, 5.74) is 14.5. The normalized spacial score (nSPS) is 10.9. The van der Waals surface area contributed by atoms with E-state index in [1.165, 1.54) is 10.8 Å². The summed E-state index contributed by atoms with van der Waals surface area (Å²) in [4.78, 5) is 30.6. The molecule has 4 rings (SSSR count). The fraction of sp³-hybridized carbons (Fsp3) is 0.208. The van der Waals surface area contributed by atoms with E-state index in [2.05, 4.69) is 36.2 Å². The number of anilines is 2. The van der Waals surface area contributed by atoms with Crippen LogP contribution in [0, 0.1) is 5.41 Å². The van der Waals surface area contributed by atoms with Crippen molar-refractivity contribution in [1.82, 2.24) is 35.5 Å². The Morgan fingerprint density at radius 3 is 2.54 bits per heavy atom. The van der Waals surface area contributed by atoms with E-state index in [4.69, 9.17) is 16.9 Å². The first-order valence-electron chi connectivity index (χ1n) is 11.4. The van der Waals surface area contributed by atoms with Gasteiger partial charge >= 0.3 is 0 Å². The molecule has 0 unspecified atom stereocenters. The third kappa shape index (κ3) is 5.96. The van der Waals surface area contributed by atoms with Gasteiger partial charge in [-0.05, 0) is 42.8 Å². The highest BCUT2D eigenvalue weighted by atomic mass is 16.2. The molecule has 0 spiro atoms. The van der Waals surface area contributed by atoms with Gasteiger partial charge in [-0.15, -0.1) is 10.2 Å². The average Bonchev–Trinajstić information content (AvgIpc) is 3.40. The first kappa shape index (κ1) is 25.0. The van der Waals surface area contributed by atoms with Gasteiger partial charge in [-0.2, -0.15) is 5.21 Å². The lowest BCUT2D eigenvalue weighted by Gasteiger charge is -2.17. The number of carbonyl (C=O) groups is 1. The Labute approximate surface area is 211 Å². The highest BCUT2D eigenvalue weighted by molar-refractivity contribution is 5.94. The van der Waals surface area contributed by atoms with Crippen LogP contribution < -0.4 is 27.7 Å². The van der Waals surface area contributed by atoms with Crippen molar-refractivity contribution >= 4 is 23.2 Å². The summed E-state index contributed by atoms with van der Waals surface area (Å²) in [6, 6.07) is 12.0. The Balaban J connectivity index is 1.65. The van der Waals surface area contributed by atoms with Gasteiger partial charge in [0.25, 0.3) is 5.56 Å². The lowest BCUT2D eigenvalue weighted by Crippen LogP contribution is -2.35. The number of nitrogens with two attached hydrogens (primary N) is 2. The molecule has 0 radical (unpaired) electrons. The smallest absolute Gasteiger partial charge is 0.294 e. The second-order valence-electron chi connectivity index (χ2n) is 8.65. The molecule has 0 aliphatic carbocycles. The van der Waals surface area contributed by atoms with Crippen LogP contribution in [0.3, 0.4) is 0 Å². The van der Waals surface area contributed by atoms with Crippen LogP contribution in [-0.4, -0.2) is 48.0 Å². The fourth-order valence-corrected chi connectivity index (χ4v) is 3.66. The van der Waals surface area contributed by atoms with Crippen LogP contribution in [-0.2, 0) is 17.9 Å². The van der Waals surface area contributed by atoms with Gasteiger partial charge in [0.05, 0.1) is 11.9 Å². The molecule has 0 aliphatic heterocycles. The molecular formula is C24H27N11O2. The van der Waals surface area contributed by atoms with E-state index >= 15 is 0 Å². The Hall–Kier alpha value is -5.07. The minimum Gasteiger partial charge on any atom is -0.399 e. The molecule has 1 amide bonds. The minimum absolute atomic E-state index is 0.0324. The molecule has 0 aliphatic rings. The molecule has 2 aromatic heterocycles. The first-order chi connectivity index (χ1) is 17.7. The second kappa shape index (κ2) is 10.7. The van der Waals surface area contributed by atoms with Crippen LogP contribution in [0.1, 0.15) is 25.0 Å². The molecular weight excluding hydrogens is 474 g/mol. The van der Waals surface area contributed by atoms with Crippen LogP contribution >= 0.6 is 0 Å². The van der Waals surface area contributed by atoms with Crippen molar-refractivity contribution in [2.75, 3.05) is 11.1 Å². The molecule has 190 valence electrons. The summed E-state index contributed by atoms with van der Waals surface area (Å²) >= 11 is 0. The molecule has 8 N–H and O–H groups in total. The molecule has 0 fully saturated rings. The van der Waals surface area contributed by atoms with E-state index in [1.54, 1.807) is 42.5 Å². The number of rotatable bonds is 9. The molecule has 2 heterocycles. The van der Waals surface area contributed by atoms with Crippen LogP contribution in [0.2, 0.25) is 0 Å². The van der Waals surface area contributed by atoms with E-state index < -0.39 is 5.56 Å². The number of aromatic amines is 1. The molecule has 13 nitrogen and oxygen atoms in total. The third-order valence-electron chi connectivity index (χ3n) is 5.39. The lowest BCUT2D eigenvalue weighted by atomic mass is 10.1. The molecule has 2 aromatic carbocycles. The Kier molecular flexibility index (Phi) is 7.23. The maximum absolute atomic E-state index is 13.4. The SMILES string of the molecule is CC(C)Nc1ncc(-c2cc(N)cc(-c3nn[nH]n3)c2)n(CC(=O)NCc2ccc(C(=N)N)cc2)c1=O. The molecule has 0 saturated carbocycles. The van der Waals surface area contributed by atoms with E-state index in [0.717, 1.165) is 5.56 Å². The largest absolute Gasteiger partial charge is 0.399 e. The number of H-pyrrole nitrogens is 1. The third-order valence-corrected chi connectivity index (χ3v) is 5.39. The lowest BCUT2D eigenvalue weighted by molar-refractivity contribution is -0.121. The first-order valence-corrected chi connectivity index (χ1v) is 11.4. The highest BCUT2D eigenvalue weighted by Gasteiger charge is 2.17. The van der Waals surface area contributed by atoms with E-state index in [9.17, 15) is 9.59 Å². The van der Waals surface area contributed by atoms with E-state index in [1.807, 2.05) is 13.8 Å². The Morgan fingerprint density at radius 2 is 1.89 bits per heavy atom. The van der Waals surface area contributed by atoms with Gasteiger partial charge in [-0.1, -0.05) is 24.3 Å². The van der Waals surface area contributed by atoms with Crippen molar-refractivity contribution in [1.29, 1.82) is 5.41 Å². The maximum atomic E-state index is 13.4. The quantitative estimate of drug-likeness (QED) is 0.110. The molecule has 37 heavy (non-hydrogen) atoms. The number of nitrogens with one attached hydrogen (secondary N) is 4. The van der Waals surface area contributed by atoms with Crippen LogP contribution in [0.25, 0.3) is 22.6 Å². The summed E-state index contributed by atoms with van der Waals surface area (Å²) in [6.45, 7) is 3.77. The monoisotopic (exact) mass is 501 g/mol. The van der Waals surface area contributed by atoms with Crippen molar-refractivity contribution in [2.45, 2.75) is 33.0 Å².